The number of nitrogens with one attached hydrogen (secondary N) is 1. The number of carbonyl (C=O) groups is 3. The molecule has 0 bridgehead atoms. The number of rotatable bonds is 5. The van der Waals surface area contributed by atoms with Crippen molar-refractivity contribution in [1.82, 2.24) is 10.2 Å². The van der Waals surface area contributed by atoms with Gasteiger partial charge in [-0.05, 0) is 50.5 Å². The Kier molecular flexibility index (Phi) is 6.61. The zero-order valence-electron chi connectivity index (χ0n) is 13.6. The molecule has 130 valence electrons. The Labute approximate surface area is 146 Å². The highest BCUT2D eigenvalue weighted by Crippen LogP contribution is 2.16. The fourth-order valence-electron chi connectivity index (χ4n) is 2.60. The smallest absolute Gasteiger partial charge is 0.325 e. The summed E-state index contributed by atoms with van der Waals surface area (Å²) in [4.78, 5) is 37.3. The molecule has 0 aliphatic carbocycles. The van der Waals surface area contributed by atoms with Gasteiger partial charge in [-0.3, -0.25) is 14.4 Å². The summed E-state index contributed by atoms with van der Waals surface area (Å²) < 4.78 is 4.94. The van der Waals surface area contributed by atoms with Crippen LogP contribution in [0.2, 0.25) is 5.02 Å². The molecule has 1 saturated heterocycles. The highest BCUT2D eigenvalue weighted by atomic mass is 35.5. The Hall–Kier alpha value is -2.08. The minimum absolute atomic E-state index is 0.176. The molecule has 2 rings (SSSR count). The standard InChI is InChI=1S/C17H21ClN2O4/c1-12-4-2-3-9-20(12)15(21)11-24-16(22)10-19-17(23)13-5-7-14(18)8-6-13/h5-8,12H,2-4,9-11H2,1H3,(H,19,23)/t12-/m1/s1. The van der Waals surface area contributed by atoms with E-state index in [1.54, 1.807) is 29.2 Å². The van der Waals surface area contributed by atoms with E-state index in [1.807, 2.05) is 6.92 Å². The van der Waals surface area contributed by atoms with E-state index in [9.17, 15) is 14.4 Å². The maximum Gasteiger partial charge on any atom is 0.325 e. The second kappa shape index (κ2) is 8.68. The second-order valence-corrected chi connectivity index (χ2v) is 6.22. The molecule has 1 N–H and O–H groups in total. The highest BCUT2D eigenvalue weighted by Gasteiger charge is 2.23. The Bertz CT molecular complexity index is 603. The topological polar surface area (TPSA) is 75.7 Å². The van der Waals surface area contributed by atoms with Crippen molar-refractivity contribution in [3.8, 4) is 0 Å². The lowest BCUT2D eigenvalue weighted by molar-refractivity contribution is -0.152. The zero-order valence-corrected chi connectivity index (χ0v) is 14.3. The summed E-state index contributed by atoms with van der Waals surface area (Å²) in [7, 11) is 0. The van der Waals surface area contributed by atoms with Crippen LogP contribution in [-0.2, 0) is 14.3 Å². The number of carbonyl (C=O) groups excluding carboxylic acids is 3. The van der Waals surface area contributed by atoms with E-state index < -0.39 is 11.9 Å². The van der Waals surface area contributed by atoms with Crippen LogP contribution in [0.1, 0.15) is 36.5 Å². The van der Waals surface area contributed by atoms with Gasteiger partial charge in [0.05, 0.1) is 0 Å². The van der Waals surface area contributed by atoms with Gasteiger partial charge in [0.2, 0.25) is 0 Å². The zero-order chi connectivity index (χ0) is 17.5. The van der Waals surface area contributed by atoms with Crippen LogP contribution in [-0.4, -0.2) is 48.4 Å². The van der Waals surface area contributed by atoms with Crippen molar-refractivity contribution >= 4 is 29.4 Å². The number of nitrogens with zero attached hydrogens (tertiary/aromatic N) is 1. The lowest BCUT2D eigenvalue weighted by Crippen LogP contribution is -2.44. The van der Waals surface area contributed by atoms with Gasteiger partial charge in [0.25, 0.3) is 11.8 Å². The quantitative estimate of drug-likeness (QED) is 0.822. The molecule has 0 radical (unpaired) electrons. The number of amides is 2. The number of piperidine rings is 1. The van der Waals surface area contributed by atoms with E-state index in [-0.39, 0.29) is 25.1 Å². The Morgan fingerprint density at radius 2 is 1.96 bits per heavy atom. The molecule has 2 amide bonds. The molecule has 0 unspecified atom stereocenters. The van der Waals surface area contributed by atoms with Crippen molar-refractivity contribution in [2.75, 3.05) is 19.7 Å². The lowest BCUT2D eigenvalue weighted by atomic mass is 10.0. The Balaban J connectivity index is 1.72. The normalized spacial score (nSPS) is 17.2. The van der Waals surface area contributed by atoms with E-state index in [2.05, 4.69) is 5.32 Å². The first kappa shape index (κ1) is 18.3. The average Bonchev–Trinajstić information content (AvgIpc) is 2.58. The summed E-state index contributed by atoms with van der Waals surface area (Å²) >= 11 is 5.75. The number of benzene rings is 1. The number of likely N-dealkylation sites (tertiary alicyclic amines) is 1. The number of halogens is 1. The number of hydrogen-bond acceptors (Lipinski definition) is 4. The fraction of sp³-hybridized carbons (Fsp3) is 0.471. The van der Waals surface area contributed by atoms with Crippen molar-refractivity contribution in [2.24, 2.45) is 0 Å². The SMILES string of the molecule is C[C@@H]1CCCCN1C(=O)COC(=O)CNC(=O)c1ccc(Cl)cc1. The van der Waals surface area contributed by atoms with E-state index >= 15 is 0 Å². The van der Waals surface area contributed by atoms with Crippen LogP contribution < -0.4 is 5.32 Å². The molecule has 1 atom stereocenters. The van der Waals surface area contributed by atoms with Crippen molar-refractivity contribution in [2.45, 2.75) is 32.2 Å². The molecular weight excluding hydrogens is 332 g/mol. The largest absolute Gasteiger partial charge is 0.454 e. The molecule has 0 saturated carbocycles. The van der Waals surface area contributed by atoms with Gasteiger partial charge in [-0.15, -0.1) is 0 Å². The van der Waals surface area contributed by atoms with Crippen molar-refractivity contribution < 1.29 is 19.1 Å². The summed E-state index contributed by atoms with van der Waals surface area (Å²) in [5.74, 6) is -1.24. The third-order valence-electron chi connectivity index (χ3n) is 3.98. The lowest BCUT2D eigenvalue weighted by Gasteiger charge is -2.33. The molecule has 1 aromatic carbocycles. The average molecular weight is 353 g/mol. The summed E-state index contributed by atoms with van der Waals surface area (Å²) in [5.41, 5.74) is 0.394. The van der Waals surface area contributed by atoms with Crippen LogP contribution in [0.4, 0.5) is 0 Å². The minimum atomic E-state index is -0.643. The second-order valence-electron chi connectivity index (χ2n) is 5.78. The Morgan fingerprint density at radius 3 is 2.62 bits per heavy atom. The molecule has 6 nitrogen and oxygen atoms in total. The summed E-state index contributed by atoms with van der Waals surface area (Å²) in [6.45, 7) is 2.11. The van der Waals surface area contributed by atoms with Gasteiger partial charge in [0, 0.05) is 23.2 Å². The first-order valence-corrected chi connectivity index (χ1v) is 8.34. The van der Waals surface area contributed by atoms with Crippen LogP contribution >= 0.6 is 11.6 Å². The van der Waals surface area contributed by atoms with E-state index in [0.717, 1.165) is 19.3 Å². The van der Waals surface area contributed by atoms with Crippen LogP contribution in [0.3, 0.4) is 0 Å². The summed E-state index contributed by atoms with van der Waals surface area (Å²) in [6, 6.07) is 6.48. The van der Waals surface area contributed by atoms with Crippen molar-refractivity contribution in [3.63, 3.8) is 0 Å². The number of ether oxygens (including phenoxy) is 1. The van der Waals surface area contributed by atoms with Crippen LogP contribution in [0.25, 0.3) is 0 Å². The summed E-state index contributed by atoms with van der Waals surface area (Å²) in [6.07, 6.45) is 3.06. The highest BCUT2D eigenvalue weighted by molar-refractivity contribution is 6.30. The molecule has 1 aliphatic heterocycles. The van der Waals surface area contributed by atoms with Gasteiger partial charge < -0.3 is 15.0 Å². The predicted octanol–water partition coefficient (Wildman–Crippen LogP) is 2.01. The first-order chi connectivity index (χ1) is 11.5. The van der Waals surface area contributed by atoms with Crippen LogP contribution in [0.15, 0.2) is 24.3 Å². The summed E-state index contributed by atoms with van der Waals surface area (Å²) in [5, 5.41) is 2.97. The molecule has 0 spiro atoms. The maximum absolute atomic E-state index is 12.1. The molecular formula is C17H21ClN2O4. The minimum Gasteiger partial charge on any atom is -0.454 e. The molecule has 0 aromatic heterocycles. The predicted molar refractivity (Wildman–Crippen MR) is 89.8 cm³/mol. The van der Waals surface area contributed by atoms with Crippen LogP contribution in [0, 0.1) is 0 Å². The maximum atomic E-state index is 12.1. The van der Waals surface area contributed by atoms with Gasteiger partial charge >= 0.3 is 5.97 Å². The van der Waals surface area contributed by atoms with Gasteiger partial charge in [0.1, 0.15) is 6.54 Å². The van der Waals surface area contributed by atoms with Gasteiger partial charge in [0.15, 0.2) is 6.61 Å². The number of esters is 1. The molecule has 1 fully saturated rings. The van der Waals surface area contributed by atoms with Crippen LogP contribution in [0.5, 0.6) is 0 Å². The Morgan fingerprint density at radius 1 is 1.25 bits per heavy atom. The molecule has 24 heavy (non-hydrogen) atoms. The van der Waals surface area contributed by atoms with Gasteiger partial charge in [-0.25, -0.2) is 0 Å². The van der Waals surface area contributed by atoms with Crippen molar-refractivity contribution in [3.05, 3.63) is 34.9 Å². The van der Waals surface area contributed by atoms with E-state index in [1.165, 1.54) is 0 Å². The third kappa shape index (κ3) is 5.23. The van der Waals surface area contributed by atoms with E-state index in [4.69, 9.17) is 16.3 Å². The van der Waals surface area contributed by atoms with Gasteiger partial charge in [-0.1, -0.05) is 11.6 Å². The molecule has 1 aliphatic rings. The molecule has 1 aromatic rings. The van der Waals surface area contributed by atoms with Crippen molar-refractivity contribution in [1.29, 1.82) is 0 Å². The fourth-order valence-corrected chi connectivity index (χ4v) is 2.73. The van der Waals surface area contributed by atoms with E-state index in [0.29, 0.717) is 17.1 Å². The first-order valence-electron chi connectivity index (χ1n) is 7.96. The molecule has 7 heteroatoms. The molecule has 1 heterocycles. The monoisotopic (exact) mass is 352 g/mol. The van der Waals surface area contributed by atoms with Gasteiger partial charge in [-0.2, -0.15) is 0 Å². The third-order valence-corrected chi connectivity index (χ3v) is 4.23. The number of hydrogen-bond donors (Lipinski definition) is 1.